The number of carboxylic acids is 1. The van der Waals surface area contributed by atoms with Crippen LogP contribution in [-0.4, -0.2) is 23.1 Å². The number of hydrogen-bond donors (Lipinski definition) is 1. The molecule has 1 heterocycles. The van der Waals surface area contributed by atoms with E-state index in [1.807, 2.05) is 0 Å². The fourth-order valence-corrected chi connectivity index (χ4v) is 2.19. The van der Waals surface area contributed by atoms with Crippen molar-refractivity contribution in [1.82, 2.24) is 4.98 Å². The number of aromatic carboxylic acids is 1. The molecule has 0 atom stereocenters. The van der Waals surface area contributed by atoms with E-state index in [0.29, 0.717) is 22.8 Å². The molecular formula is C15H15FN2O2. The number of benzene rings is 1. The van der Waals surface area contributed by atoms with E-state index in [9.17, 15) is 14.3 Å². The van der Waals surface area contributed by atoms with Crippen LogP contribution in [-0.2, 0) is 0 Å². The lowest BCUT2D eigenvalue weighted by molar-refractivity contribution is 0.0696. The highest BCUT2D eigenvalue weighted by Crippen LogP contribution is 2.30. The number of nitrogens with zero attached hydrogens (tertiary/aromatic N) is 2. The first-order chi connectivity index (χ1) is 9.41. The summed E-state index contributed by atoms with van der Waals surface area (Å²) < 4.78 is 13.9. The number of aryl methyl sites for hydroxylation is 2. The van der Waals surface area contributed by atoms with E-state index in [1.165, 1.54) is 11.0 Å². The van der Waals surface area contributed by atoms with E-state index in [0.717, 1.165) is 0 Å². The molecule has 0 bridgehead atoms. The molecule has 0 aliphatic rings. The number of halogens is 1. The van der Waals surface area contributed by atoms with E-state index in [1.54, 1.807) is 45.2 Å². The second-order valence-electron chi connectivity index (χ2n) is 4.56. The predicted molar refractivity (Wildman–Crippen MR) is 75.1 cm³/mol. The zero-order valence-corrected chi connectivity index (χ0v) is 11.5. The van der Waals surface area contributed by atoms with Crippen molar-refractivity contribution in [2.24, 2.45) is 0 Å². The highest BCUT2D eigenvalue weighted by molar-refractivity contribution is 5.96. The Kier molecular flexibility index (Phi) is 3.70. The molecule has 104 valence electrons. The summed E-state index contributed by atoms with van der Waals surface area (Å²) in [4.78, 5) is 17.1. The van der Waals surface area contributed by atoms with Crippen molar-refractivity contribution >= 4 is 17.3 Å². The number of aromatic nitrogens is 1. The second kappa shape index (κ2) is 5.28. The molecule has 1 aromatic carbocycles. The van der Waals surface area contributed by atoms with E-state index in [4.69, 9.17) is 0 Å². The van der Waals surface area contributed by atoms with Gasteiger partial charge in [-0.2, -0.15) is 0 Å². The largest absolute Gasteiger partial charge is 0.478 e. The third-order valence-electron chi connectivity index (χ3n) is 3.10. The highest BCUT2D eigenvalue weighted by Gasteiger charge is 2.20. The van der Waals surface area contributed by atoms with E-state index in [-0.39, 0.29) is 5.56 Å². The van der Waals surface area contributed by atoms with Gasteiger partial charge in [-0.1, -0.05) is 12.1 Å². The zero-order chi connectivity index (χ0) is 14.9. The van der Waals surface area contributed by atoms with Gasteiger partial charge in [0.2, 0.25) is 0 Å². The monoisotopic (exact) mass is 274 g/mol. The maximum atomic E-state index is 13.9. The Hall–Kier alpha value is -2.43. The van der Waals surface area contributed by atoms with Gasteiger partial charge in [-0.25, -0.2) is 9.18 Å². The lowest BCUT2D eigenvalue weighted by Crippen LogP contribution is -2.17. The second-order valence-corrected chi connectivity index (χ2v) is 4.56. The first-order valence-corrected chi connectivity index (χ1v) is 6.11. The molecule has 0 fully saturated rings. The van der Waals surface area contributed by atoms with E-state index >= 15 is 0 Å². The van der Waals surface area contributed by atoms with Gasteiger partial charge in [-0.3, -0.25) is 4.98 Å². The van der Waals surface area contributed by atoms with Gasteiger partial charge in [-0.05, 0) is 32.0 Å². The Morgan fingerprint density at radius 2 is 1.90 bits per heavy atom. The van der Waals surface area contributed by atoms with Crippen molar-refractivity contribution in [3.8, 4) is 0 Å². The fraction of sp³-hybridized carbons (Fsp3) is 0.200. The Morgan fingerprint density at radius 3 is 2.50 bits per heavy atom. The molecule has 1 N–H and O–H groups in total. The van der Waals surface area contributed by atoms with Gasteiger partial charge in [0, 0.05) is 12.7 Å². The smallest absolute Gasteiger partial charge is 0.339 e. The summed E-state index contributed by atoms with van der Waals surface area (Å²) in [5.41, 5.74) is 1.93. The van der Waals surface area contributed by atoms with Gasteiger partial charge in [0.05, 0.1) is 17.1 Å². The van der Waals surface area contributed by atoms with Gasteiger partial charge < -0.3 is 10.0 Å². The molecule has 0 spiro atoms. The molecular weight excluding hydrogens is 259 g/mol. The van der Waals surface area contributed by atoms with Gasteiger partial charge in [0.1, 0.15) is 11.4 Å². The molecule has 0 unspecified atom stereocenters. The number of carbonyl (C=O) groups is 1. The Morgan fingerprint density at radius 1 is 1.25 bits per heavy atom. The summed E-state index contributed by atoms with van der Waals surface area (Å²) >= 11 is 0. The molecule has 0 radical (unpaired) electrons. The Bertz CT molecular complexity index is 671. The van der Waals surface area contributed by atoms with Gasteiger partial charge in [0.25, 0.3) is 0 Å². The molecule has 2 rings (SSSR count). The first-order valence-electron chi connectivity index (χ1n) is 6.11. The van der Waals surface area contributed by atoms with Crippen molar-refractivity contribution in [3.63, 3.8) is 0 Å². The normalized spacial score (nSPS) is 10.4. The van der Waals surface area contributed by atoms with Crippen molar-refractivity contribution < 1.29 is 14.3 Å². The number of hydrogen-bond acceptors (Lipinski definition) is 3. The van der Waals surface area contributed by atoms with E-state index in [2.05, 4.69) is 4.98 Å². The van der Waals surface area contributed by atoms with Crippen LogP contribution < -0.4 is 4.90 Å². The molecule has 20 heavy (non-hydrogen) atoms. The number of pyridine rings is 1. The van der Waals surface area contributed by atoms with Crippen molar-refractivity contribution in [2.45, 2.75) is 13.8 Å². The molecule has 0 aliphatic heterocycles. The van der Waals surface area contributed by atoms with Crippen LogP contribution in [0.25, 0.3) is 0 Å². The summed E-state index contributed by atoms with van der Waals surface area (Å²) in [6, 6.07) is 7.88. The summed E-state index contributed by atoms with van der Waals surface area (Å²) in [6.45, 7) is 3.41. The molecule has 2 aromatic rings. The average Bonchev–Trinajstić information content (AvgIpc) is 2.37. The third kappa shape index (κ3) is 2.47. The fourth-order valence-electron chi connectivity index (χ4n) is 2.19. The topological polar surface area (TPSA) is 53.4 Å². The first kappa shape index (κ1) is 14.0. The molecule has 0 aliphatic carbocycles. The number of para-hydroxylation sites is 1. The van der Waals surface area contributed by atoms with Crippen LogP contribution in [0.3, 0.4) is 0 Å². The number of anilines is 2. The SMILES string of the molecule is Cc1cc(N(C)c2ccccc2F)c(C(=O)O)c(C)n1. The van der Waals surface area contributed by atoms with Gasteiger partial charge >= 0.3 is 5.97 Å². The van der Waals surface area contributed by atoms with Crippen LogP contribution >= 0.6 is 0 Å². The average molecular weight is 274 g/mol. The van der Waals surface area contributed by atoms with Crippen LogP contribution in [0.4, 0.5) is 15.8 Å². The van der Waals surface area contributed by atoms with Crippen LogP contribution in [0.1, 0.15) is 21.7 Å². The minimum atomic E-state index is -1.08. The quantitative estimate of drug-likeness (QED) is 0.933. The molecule has 4 nitrogen and oxygen atoms in total. The minimum Gasteiger partial charge on any atom is -0.478 e. The van der Waals surface area contributed by atoms with Crippen molar-refractivity contribution in [2.75, 3.05) is 11.9 Å². The van der Waals surface area contributed by atoms with Crippen LogP contribution in [0, 0.1) is 19.7 Å². The third-order valence-corrected chi connectivity index (χ3v) is 3.10. The zero-order valence-electron chi connectivity index (χ0n) is 11.5. The van der Waals surface area contributed by atoms with Crippen LogP contribution in [0.5, 0.6) is 0 Å². The van der Waals surface area contributed by atoms with Crippen LogP contribution in [0.15, 0.2) is 30.3 Å². The maximum Gasteiger partial charge on any atom is 0.339 e. The molecule has 1 aromatic heterocycles. The van der Waals surface area contributed by atoms with Crippen molar-refractivity contribution in [1.29, 1.82) is 0 Å². The lowest BCUT2D eigenvalue weighted by atomic mass is 10.1. The summed E-state index contributed by atoms with van der Waals surface area (Å²) in [5, 5.41) is 9.34. The standard InChI is InChI=1S/C15H15FN2O2/c1-9-8-13(14(15(19)20)10(2)17-9)18(3)12-7-5-4-6-11(12)16/h4-8H,1-3H3,(H,19,20). The molecule has 5 heteroatoms. The van der Waals surface area contributed by atoms with E-state index < -0.39 is 11.8 Å². The van der Waals surface area contributed by atoms with Crippen LogP contribution in [0.2, 0.25) is 0 Å². The molecule has 0 amide bonds. The summed E-state index contributed by atoms with van der Waals surface area (Å²) in [7, 11) is 1.64. The van der Waals surface area contributed by atoms with Gasteiger partial charge in [0.15, 0.2) is 0 Å². The summed E-state index contributed by atoms with van der Waals surface area (Å²) in [6.07, 6.45) is 0. The maximum absolute atomic E-state index is 13.9. The lowest BCUT2D eigenvalue weighted by Gasteiger charge is -2.23. The van der Waals surface area contributed by atoms with Gasteiger partial charge in [-0.15, -0.1) is 0 Å². The highest BCUT2D eigenvalue weighted by atomic mass is 19.1. The number of carboxylic acid groups (broad SMARTS) is 1. The minimum absolute atomic E-state index is 0.0846. The Balaban J connectivity index is 2.63. The molecule has 0 saturated heterocycles. The predicted octanol–water partition coefficient (Wildman–Crippen LogP) is 3.30. The molecule has 0 saturated carbocycles. The number of rotatable bonds is 3. The van der Waals surface area contributed by atoms with Crippen molar-refractivity contribution in [3.05, 3.63) is 53.1 Å². The summed E-state index contributed by atoms with van der Waals surface area (Å²) in [5.74, 6) is -1.48. The Labute approximate surface area is 116 Å².